The number of phenolic OH excluding ortho intramolecular Hbond substituents is 1. The van der Waals surface area contributed by atoms with Gasteiger partial charge < -0.3 is 20.4 Å². The van der Waals surface area contributed by atoms with E-state index >= 15 is 0 Å². The van der Waals surface area contributed by atoms with E-state index in [0.29, 0.717) is 24.8 Å². The van der Waals surface area contributed by atoms with E-state index in [9.17, 15) is 34.8 Å². The van der Waals surface area contributed by atoms with Crippen molar-refractivity contribution in [2.45, 2.75) is 98.2 Å². The molecule has 0 bridgehead atoms. The molecule has 7 heteroatoms. The molecule has 0 saturated heterocycles. The molecule has 42 heavy (non-hydrogen) atoms. The lowest BCUT2D eigenvalue weighted by Crippen LogP contribution is -2.75. The first-order valence-corrected chi connectivity index (χ1v) is 15.2. The van der Waals surface area contributed by atoms with Gasteiger partial charge in [-0.25, -0.2) is 0 Å². The summed E-state index contributed by atoms with van der Waals surface area (Å²) in [6, 6.07) is 2.00. The minimum absolute atomic E-state index is 0.0614. The van der Waals surface area contributed by atoms with Crippen LogP contribution in [0.5, 0.6) is 5.75 Å². The van der Waals surface area contributed by atoms with Crippen molar-refractivity contribution in [2.75, 3.05) is 0 Å². The lowest BCUT2D eigenvalue weighted by Gasteiger charge is -2.62. The van der Waals surface area contributed by atoms with Gasteiger partial charge in [0, 0.05) is 16.4 Å². The van der Waals surface area contributed by atoms with Gasteiger partial charge in [-0.2, -0.15) is 0 Å². The molecule has 0 radical (unpaired) electrons. The van der Waals surface area contributed by atoms with Crippen LogP contribution in [0.15, 0.2) is 35.4 Å². The SMILES string of the molecule is CC(=O)C1C(=O)[C@]2(O)C(=O)C3=C(O)c4c(O)c(CCC5=CCC=C5)cc(C(C)C)c4C[C@]3(C)C[C@]2(C)[C@@H](C(C)C)C1O. The summed E-state index contributed by atoms with van der Waals surface area (Å²) in [5, 5.41) is 47.1. The van der Waals surface area contributed by atoms with Gasteiger partial charge >= 0.3 is 0 Å². The lowest BCUT2D eigenvalue weighted by molar-refractivity contribution is -0.212. The molecule has 2 fully saturated rings. The van der Waals surface area contributed by atoms with Gasteiger partial charge in [-0.1, -0.05) is 71.4 Å². The number of benzene rings is 1. The van der Waals surface area contributed by atoms with E-state index in [0.717, 1.165) is 17.5 Å². The third kappa shape index (κ3) is 4.03. The van der Waals surface area contributed by atoms with Crippen LogP contribution in [0.1, 0.15) is 95.9 Å². The predicted molar refractivity (Wildman–Crippen MR) is 160 cm³/mol. The highest BCUT2D eigenvalue weighted by molar-refractivity contribution is 6.25. The molecule has 2 unspecified atom stereocenters. The monoisotopic (exact) mass is 576 g/mol. The number of carbonyl (C=O) groups excluding carboxylic acids is 3. The molecule has 0 spiro atoms. The number of Topliss-reactive ketones (excluding diaryl/α,β-unsaturated/α-hetero) is 3. The van der Waals surface area contributed by atoms with E-state index < -0.39 is 57.5 Å². The smallest absolute Gasteiger partial charge is 0.202 e. The van der Waals surface area contributed by atoms with Crippen molar-refractivity contribution < 1.29 is 34.8 Å². The highest BCUT2D eigenvalue weighted by atomic mass is 16.3. The molecule has 0 amide bonds. The molecule has 0 aromatic heterocycles. The van der Waals surface area contributed by atoms with Crippen molar-refractivity contribution in [1.82, 2.24) is 0 Å². The van der Waals surface area contributed by atoms with Gasteiger partial charge in [-0.3, -0.25) is 14.4 Å². The van der Waals surface area contributed by atoms with Gasteiger partial charge in [0.05, 0.1) is 11.7 Å². The summed E-state index contributed by atoms with van der Waals surface area (Å²) in [5.74, 6) is -5.56. The number of hydrogen-bond donors (Lipinski definition) is 4. The van der Waals surface area contributed by atoms with Gasteiger partial charge in [0.2, 0.25) is 5.78 Å². The Balaban J connectivity index is 1.73. The lowest BCUT2D eigenvalue weighted by atomic mass is 9.41. The minimum Gasteiger partial charge on any atom is -0.507 e. The second kappa shape index (κ2) is 10.0. The van der Waals surface area contributed by atoms with E-state index in [1.54, 1.807) is 6.92 Å². The Morgan fingerprint density at radius 1 is 1.10 bits per heavy atom. The molecule has 226 valence electrons. The fourth-order valence-electron chi connectivity index (χ4n) is 8.99. The molecule has 4 N–H and O–H groups in total. The Hall–Kier alpha value is -3.03. The predicted octanol–water partition coefficient (Wildman–Crippen LogP) is 5.30. The zero-order valence-corrected chi connectivity index (χ0v) is 25.7. The molecular formula is C35H44O7. The molecule has 5 rings (SSSR count). The topological polar surface area (TPSA) is 132 Å². The van der Waals surface area contributed by atoms with Crippen molar-refractivity contribution in [3.63, 3.8) is 0 Å². The van der Waals surface area contributed by atoms with Crippen LogP contribution in [0.2, 0.25) is 0 Å². The Kier molecular flexibility index (Phi) is 7.26. The maximum Gasteiger partial charge on any atom is 0.202 e. The molecule has 1 aromatic carbocycles. The van der Waals surface area contributed by atoms with Crippen molar-refractivity contribution in [2.24, 2.45) is 28.6 Å². The Labute approximate surface area is 248 Å². The highest BCUT2D eigenvalue weighted by Crippen LogP contribution is 2.65. The number of carbonyl (C=O) groups is 3. The summed E-state index contributed by atoms with van der Waals surface area (Å²) in [6.45, 7) is 12.5. The molecule has 0 aliphatic heterocycles. The highest BCUT2D eigenvalue weighted by Gasteiger charge is 2.74. The molecule has 1 aromatic rings. The summed E-state index contributed by atoms with van der Waals surface area (Å²) < 4.78 is 0. The Bertz CT molecular complexity index is 1480. The fraction of sp³-hybridized carbons (Fsp3) is 0.571. The second-order valence-corrected chi connectivity index (χ2v) is 14.2. The van der Waals surface area contributed by atoms with Crippen LogP contribution >= 0.6 is 0 Å². The van der Waals surface area contributed by atoms with Crippen LogP contribution in [0.3, 0.4) is 0 Å². The van der Waals surface area contributed by atoms with Crippen LogP contribution in [0.25, 0.3) is 5.76 Å². The van der Waals surface area contributed by atoms with Crippen molar-refractivity contribution in [3.8, 4) is 5.75 Å². The zero-order chi connectivity index (χ0) is 31.1. The van der Waals surface area contributed by atoms with Crippen LogP contribution in [-0.2, 0) is 27.2 Å². The maximum absolute atomic E-state index is 14.5. The van der Waals surface area contributed by atoms with Gasteiger partial charge in [-0.15, -0.1) is 0 Å². The average molecular weight is 577 g/mol. The number of aliphatic hydroxyl groups is 3. The van der Waals surface area contributed by atoms with E-state index in [1.165, 1.54) is 12.5 Å². The van der Waals surface area contributed by atoms with Crippen molar-refractivity contribution in [1.29, 1.82) is 0 Å². The molecule has 4 aliphatic carbocycles. The van der Waals surface area contributed by atoms with Crippen molar-refractivity contribution >= 4 is 23.1 Å². The quantitative estimate of drug-likeness (QED) is 0.338. The number of phenols is 1. The summed E-state index contributed by atoms with van der Waals surface area (Å²) in [6.07, 6.45) is 7.50. The minimum atomic E-state index is -2.62. The number of aromatic hydroxyl groups is 1. The number of aliphatic hydroxyl groups excluding tert-OH is 2. The summed E-state index contributed by atoms with van der Waals surface area (Å²) >= 11 is 0. The average Bonchev–Trinajstić information content (AvgIpc) is 3.39. The van der Waals surface area contributed by atoms with Crippen LogP contribution in [0, 0.1) is 28.6 Å². The fourth-order valence-corrected chi connectivity index (χ4v) is 8.99. The van der Waals surface area contributed by atoms with E-state index in [4.69, 9.17) is 0 Å². The first-order valence-electron chi connectivity index (χ1n) is 15.2. The normalized spacial score (nSPS) is 34.1. The standard InChI is InChI=1S/C35H44O7/c1-17(2)22-14-21(13-12-20-10-8-9-11-20)28(37)25-23(22)15-33(6)16-34(7)26(18(3)4)29(38)24(19(5)36)31(40)35(34,42)32(41)27(33)30(25)39/h8,10-11,14,17-18,24,26,29,37-39,42H,9,12-13,15-16H2,1-7H3/t24?,26-,29?,33+,34+,35-/m0/s1. The number of rotatable bonds is 6. The molecule has 7 nitrogen and oxygen atoms in total. The third-order valence-corrected chi connectivity index (χ3v) is 10.7. The number of ketones is 3. The third-order valence-electron chi connectivity index (χ3n) is 10.7. The number of fused-ring (bicyclic) bond motifs is 3. The molecule has 0 heterocycles. The Morgan fingerprint density at radius 2 is 1.76 bits per heavy atom. The first-order chi connectivity index (χ1) is 19.5. The molecule has 6 atom stereocenters. The summed E-state index contributed by atoms with van der Waals surface area (Å²) in [7, 11) is 0. The van der Waals surface area contributed by atoms with Gasteiger partial charge in [-0.05, 0) is 73.5 Å². The molecule has 2 saturated carbocycles. The van der Waals surface area contributed by atoms with Gasteiger partial charge in [0.15, 0.2) is 11.4 Å². The number of aryl methyl sites for hydroxylation is 1. The zero-order valence-electron chi connectivity index (χ0n) is 25.7. The molecular weight excluding hydrogens is 532 g/mol. The number of allylic oxidation sites excluding steroid dienone is 4. The van der Waals surface area contributed by atoms with E-state index in [-0.39, 0.29) is 35.1 Å². The van der Waals surface area contributed by atoms with Crippen LogP contribution in [-0.4, -0.2) is 49.5 Å². The van der Waals surface area contributed by atoms with Gasteiger partial charge in [0.1, 0.15) is 23.2 Å². The summed E-state index contributed by atoms with van der Waals surface area (Å²) in [5.41, 5.74) is -1.36. The first kappa shape index (κ1) is 30.4. The molecule has 4 aliphatic rings. The van der Waals surface area contributed by atoms with E-state index in [1.807, 2.05) is 26.8 Å². The Morgan fingerprint density at radius 3 is 2.31 bits per heavy atom. The van der Waals surface area contributed by atoms with E-state index in [2.05, 4.69) is 32.1 Å². The largest absolute Gasteiger partial charge is 0.507 e. The maximum atomic E-state index is 14.5. The second-order valence-electron chi connectivity index (χ2n) is 14.2. The van der Waals surface area contributed by atoms with Crippen LogP contribution < -0.4 is 0 Å². The van der Waals surface area contributed by atoms with Gasteiger partial charge in [0.25, 0.3) is 0 Å². The summed E-state index contributed by atoms with van der Waals surface area (Å²) in [4.78, 5) is 41.1. The van der Waals surface area contributed by atoms with Crippen LogP contribution in [0.4, 0.5) is 0 Å². The van der Waals surface area contributed by atoms with Crippen molar-refractivity contribution in [3.05, 3.63) is 57.7 Å². The number of hydrogen-bond acceptors (Lipinski definition) is 7.